The van der Waals surface area contributed by atoms with Crippen molar-refractivity contribution in [2.24, 2.45) is 5.41 Å². The normalized spacial score (nSPS) is 22.9. The van der Waals surface area contributed by atoms with Crippen LogP contribution in [0.25, 0.3) is 0 Å². The molecular weight excluding hydrogens is 319 g/mol. The quantitative estimate of drug-likeness (QED) is 0.924. The fourth-order valence-electron chi connectivity index (χ4n) is 2.65. The maximum atomic E-state index is 13.2. The van der Waals surface area contributed by atoms with E-state index in [0.717, 1.165) is 9.78 Å². The number of rotatable bonds is 3. The third-order valence-electron chi connectivity index (χ3n) is 4.18. The number of likely N-dealkylation sites (tertiary alicyclic amines) is 1. The summed E-state index contributed by atoms with van der Waals surface area (Å²) in [4.78, 5) is 25.5. The van der Waals surface area contributed by atoms with Gasteiger partial charge in [0.25, 0.3) is 0 Å². The number of amides is 1. The molecule has 0 radical (unpaired) electrons. The summed E-state index contributed by atoms with van der Waals surface area (Å²) in [5, 5.41) is 10.8. The average molecular weight is 335 g/mol. The van der Waals surface area contributed by atoms with Crippen molar-refractivity contribution in [3.63, 3.8) is 0 Å². The maximum Gasteiger partial charge on any atom is 0.406 e. The van der Waals surface area contributed by atoms with Gasteiger partial charge < -0.3 is 10.0 Å². The van der Waals surface area contributed by atoms with Crippen LogP contribution < -0.4 is 0 Å². The molecule has 1 unspecified atom stereocenters. The van der Waals surface area contributed by atoms with E-state index in [1.165, 1.54) is 11.3 Å². The van der Waals surface area contributed by atoms with Crippen LogP contribution >= 0.6 is 11.3 Å². The van der Waals surface area contributed by atoms with Crippen LogP contribution in [0.2, 0.25) is 0 Å². The van der Waals surface area contributed by atoms with E-state index in [0.29, 0.717) is 0 Å². The summed E-state index contributed by atoms with van der Waals surface area (Å²) in [7, 11) is 0. The Bertz CT molecular complexity index is 583. The van der Waals surface area contributed by atoms with Crippen LogP contribution in [-0.4, -0.2) is 41.1 Å². The molecule has 1 aromatic rings. The molecule has 1 atom stereocenters. The lowest BCUT2D eigenvalue weighted by molar-refractivity contribution is -0.227. The van der Waals surface area contributed by atoms with Crippen molar-refractivity contribution < 1.29 is 27.9 Å². The van der Waals surface area contributed by atoms with Gasteiger partial charge >= 0.3 is 12.1 Å². The zero-order valence-electron chi connectivity index (χ0n) is 12.1. The van der Waals surface area contributed by atoms with Gasteiger partial charge in [0.15, 0.2) is 5.41 Å². The van der Waals surface area contributed by atoms with Gasteiger partial charge in [-0.05, 0) is 31.7 Å². The Morgan fingerprint density at radius 2 is 2.00 bits per heavy atom. The second-order valence-electron chi connectivity index (χ2n) is 5.96. The number of carbonyl (C=O) groups excluding carboxylic acids is 1. The molecule has 0 bridgehead atoms. The van der Waals surface area contributed by atoms with E-state index >= 15 is 0 Å². The Morgan fingerprint density at radius 3 is 2.41 bits per heavy atom. The number of carboxylic acids is 1. The molecule has 2 heterocycles. The van der Waals surface area contributed by atoms with Crippen molar-refractivity contribution in [2.75, 3.05) is 13.1 Å². The van der Waals surface area contributed by atoms with Gasteiger partial charge in [0, 0.05) is 18.0 Å². The second kappa shape index (κ2) is 5.26. The number of alkyl halides is 3. The first-order chi connectivity index (χ1) is 10.0. The summed E-state index contributed by atoms with van der Waals surface area (Å²) in [6.45, 7) is 2.23. The first-order valence-electron chi connectivity index (χ1n) is 6.66. The molecule has 1 amide bonds. The van der Waals surface area contributed by atoms with Crippen LogP contribution in [0.4, 0.5) is 13.2 Å². The lowest BCUT2D eigenvalue weighted by Gasteiger charge is -2.31. The van der Waals surface area contributed by atoms with Gasteiger partial charge in [-0.1, -0.05) is 6.07 Å². The van der Waals surface area contributed by atoms with Crippen molar-refractivity contribution in [1.82, 2.24) is 4.90 Å². The predicted octanol–water partition coefficient (Wildman–Crippen LogP) is 2.89. The molecule has 1 aliphatic rings. The minimum atomic E-state index is -4.89. The number of nitrogens with zero attached hydrogens (tertiary/aromatic N) is 1. The van der Waals surface area contributed by atoms with E-state index < -0.39 is 41.8 Å². The molecule has 0 saturated carbocycles. The molecule has 2 rings (SSSR count). The molecule has 1 N–H and O–H groups in total. The average Bonchev–Trinajstić information content (AvgIpc) is 3.07. The van der Waals surface area contributed by atoms with E-state index in [4.69, 9.17) is 5.11 Å². The number of hydrogen-bond acceptors (Lipinski definition) is 3. The largest absolute Gasteiger partial charge is 0.481 e. The summed E-state index contributed by atoms with van der Waals surface area (Å²) in [6, 6.07) is 3.50. The van der Waals surface area contributed by atoms with E-state index in [9.17, 15) is 22.8 Å². The van der Waals surface area contributed by atoms with Gasteiger partial charge in [-0.25, -0.2) is 0 Å². The highest BCUT2D eigenvalue weighted by Gasteiger charge is 2.64. The Morgan fingerprint density at radius 1 is 1.36 bits per heavy atom. The molecule has 1 fully saturated rings. The SMILES string of the molecule is CC(C)(C(=O)N1CCC(C(=O)O)(C(F)(F)F)C1)c1cccs1. The standard InChI is InChI=1S/C14H16F3NO3S/c1-12(2,9-4-3-7-22-9)10(19)18-6-5-13(8-18,11(20)21)14(15,16)17/h3-4,7H,5-6,8H2,1-2H3,(H,20,21). The van der Waals surface area contributed by atoms with E-state index in [1.807, 2.05) is 0 Å². The molecule has 8 heteroatoms. The first kappa shape index (κ1) is 16.8. The zero-order chi connectivity index (χ0) is 16.8. The van der Waals surface area contributed by atoms with Crippen LogP contribution in [-0.2, 0) is 15.0 Å². The monoisotopic (exact) mass is 335 g/mol. The highest BCUT2D eigenvalue weighted by atomic mass is 32.1. The van der Waals surface area contributed by atoms with Crippen molar-refractivity contribution in [3.8, 4) is 0 Å². The molecule has 0 aliphatic carbocycles. The maximum absolute atomic E-state index is 13.2. The summed E-state index contributed by atoms with van der Waals surface area (Å²) in [5.41, 5.74) is -3.84. The smallest absolute Gasteiger partial charge is 0.406 e. The number of thiophene rings is 1. The summed E-state index contributed by atoms with van der Waals surface area (Å²) in [6.07, 6.45) is -5.50. The second-order valence-corrected chi connectivity index (χ2v) is 6.91. The molecule has 0 aromatic carbocycles. The Kier molecular flexibility index (Phi) is 4.01. The molecule has 122 valence electrons. The molecule has 4 nitrogen and oxygen atoms in total. The van der Waals surface area contributed by atoms with Gasteiger partial charge in [-0.2, -0.15) is 13.2 Å². The highest BCUT2D eigenvalue weighted by Crippen LogP contribution is 2.46. The van der Waals surface area contributed by atoms with Gasteiger partial charge in [-0.15, -0.1) is 11.3 Å². The van der Waals surface area contributed by atoms with Crippen molar-refractivity contribution in [1.29, 1.82) is 0 Å². The molecule has 22 heavy (non-hydrogen) atoms. The third kappa shape index (κ3) is 2.49. The number of carbonyl (C=O) groups is 2. The highest BCUT2D eigenvalue weighted by molar-refractivity contribution is 7.10. The van der Waals surface area contributed by atoms with Crippen molar-refractivity contribution in [3.05, 3.63) is 22.4 Å². The number of aliphatic carboxylic acids is 1. The fraction of sp³-hybridized carbons (Fsp3) is 0.571. The summed E-state index contributed by atoms with van der Waals surface area (Å²) in [5.74, 6) is -2.41. The first-order valence-corrected chi connectivity index (χ1v) is 7.54. The Balaban J connectivity index is 2.26. The van der Waals surface area contributed by atoms with E-state index in [1.54, 1.807) is 31.4 Å². The third-order valence-corrected chi connectivity index (χ3v) is 5.37. The van der Waals surface area contributed by atoms with Crippen LogP contribution in [0.1, 0.15) is 25.1 Å². The lowest BCUT2D eigenvalue weighted by atomic mass is 9.86. The fourth-order valence-corrected chi connectivity index (χ4v) is 3.49. The number of halogens is 3. The van der Waals surface area contributed by atoms with E-state index in [-0.39, 0.29) is 6.54 Å². The van der Waals surface area contributed by atoms with Crippen LogP contribution in [0.15, 0.2) is 17.5 Å². The van der Waals surface area contributed by atoms with Crippen molar-refractivity contribution in [2.45, 2.75) is 31.9 Å². The van der Waals surface area contributed by atoms with Crippen LogP contribution in [0.3, 0.4) is 0 Å². The van der Waals surface area contributed by atoms with Gasteiger partial charge in [0.1, 0.15) is 0 Å². The molecule has 1 saturated heterocycles. The molecule has 1 aliphatic heterocycles. The van der Waals surface area contributed by atoms with Gasteiger partial charge in [0.05, 0.1) is 5.41 Å². The minimum absolute atomic E-state index is 0.209. The molecule has 0 spiro atoms. The van der Waals surface area contributed by atoms with Gasteiger partial charge in [-0.3, -0.25) is 9.59 Å². The number of carboxylic acid groups (broad SMARTS) is 1. The van der Waals surface area contributed by atoms with Gasteiger partial charge in [0.2, 0.25) is 5.91 Å². The predicted molar refractivity (Wildman–Crippen MR) is 74.7 cm³/mol. The Hall–Kier alpha value is -1.57. The van der Waals surface area contributed by atoms with Crippen LogP contribution in [0, 0.1) is 5.41 Å². The summed E-state index contributed by atoms with van der Waals surface area (Å²) < 4.78 is 39.5. The Labute approximate surface area is 129 Å². The van der Waals surface area contributed by atoms with E-state index in [2.05, 4.69) is 0 Å². The van der Waals surface area contributed by atoms with Crippen LogP contribution in [0.5, 0.6) is 0 Å². The molecular formula is C14H16F3NO3S. The number of hydrogen-bond donors (Lipinski definition) is 1. The zero-order valence-corrected chi connectivity index (χ0v) is 12.9. The topological polar surface area (TPSA) is 57.6 Å². The van der Waals surface area contributed by atoms with Crippen molar-refractivity contribution >= 4 is 23.2 Å². The molecule has 1 aromatic heterocycles. The summed E-state index contributed by atoms with van der Waals surface area (Å²) >= 11 is 1.34. The minimum Gasteiger partial charge on any atom is -0.481 e. The lowest BCUT2D eigenvalue weighted by Crippen LogP contribution is -2.49.